The predicted molar refractivity (Wildman–Crippen MR) is 99.5 cm³/mol. The van der Waals surface area contributed by atoms with Gasteiger partial charge in [-0.1, -0.05) is 19.9 Å². The van der Waals surface area contributed by atoms with Crippen molar-refractivity contribution in [3.05, 3.63) is 59.7 Å². The second-order valence-corrected chi connectivity index (χ2v) is 5.68. The van der Waals surface area contributed by atoms with E-state index < -0.39 is 0 Å². The Bertz CT molecular complexity index is 691. The Balaban J connectivity index is 2.17. The van der Waals surface area contributed by atoms with Crippen LogP contribution in [0.5, 0.6) is 17.2 Å². The van der Waals surface area contributed by atoms with Crippen LogP contribution in [0.15, 0.2) is 48.5 Å². The Labute approximate surface area is 148 Å². The first-order chi connectivity index (χ1) is 12.1. The van der Waals surface area contributed by atoms with Gasteiger partial charge in [-0.3, -0.25) is 4.79 Å². The van der Waals surface area contributed by atoms with Crippen LogP contribution in [0.4, 0.5) is 0 Å². The number of rotatable bonds is 9. The highest BCUT2D eigenvalue weighted by Gasteiger charge is 2.04. The highest BCUT2D eigenvalue weighted by atomic mass is 16.5. The fourth-order valence-electron chi connectivity index (χ4n) is 2.19. The molecule has 0 saturated carbocycles. The predicted octanol–water partition coefficient (Wildman–Crippen LogP) is 4.87. The fourth-order valence-corrected chi connectivity index (χ4v) is 2.19. The molecular formula is C21H24O4. The van der Waals surface area contributed by atoms with Crippen LogP contribution in [0.1, 0.15) is 42.6 Å². The van der Waals surface area contributed by atoms with Crippen molar-refractivity contribution in [3.8, 4) is 17.2 Å². The summed E-state index contributed by atoms with van der Waals surface area (Å²) in [5.41, 5.74) is 1.36. The number of benzene rings is 2. The van der Waals surface area contributed by atoms with Gasteiger partial charge in [0.1, 0.15) is 17.2 Å². The summed E-state index contributed by atoms with van der Waals surface area (Å²) in [4.78, 5) is 12.2. The largest absolute Gasteiger partial charge is 0.508 e. The molecule has 132 valence electrons. The summed E-state index contributed by atoms with van der Waals surface area (Å²) in [7, 11) is 0. The van der Waals surface area contributed by atoms with Gasteiger partial charge in [-0.05, 0) is 60.9 Å². The van der Waals surface area contributed by atoms with E-state index in [-0.39, 0.29) is 11.5 Å². The van der Waals surface area contributed by atoms with Crippen molar-refractivity contribution in [2.45, 2.75) is 26.7 Å². The van der Waals surface area contributed by atoms with E-state index in [1.54, 1.807) is 18.2 Å². The topological polar surface area (TPSA) is 55.8 Å². The van der Waals surface area contributed by atoms with Gasteiger partial charge in [0, 0.05) is 11.6 Å². The highest BCUT2D eigenvalue weighted by molar-refractivity contribution is 6.06. The zero-order chi connectivity index (χ0) is 18.1. The maximum atomic E-state index is 12.2. The molecule has 0 radical (unpaired) electrons. The molecule has 0 amide bonds. The molecule has 1 N–H and O–H groups in total. The number of ether oxygens (including phenoxy) is 2. The van der Waals surface area contributed by atoms with E-state index >= 15 is 0 Å². The molecule has 4 heteroatoms. The molecule has 2 rings (SSSR count). The molecule has 2 aromatic carbocycles. The third-order valence-electron chi connectivity index (χ3n) is 3.43. The molecule has 0 unspecified atom stereocenters. The van der Waals surface area contributed by atoms with Gasteiger partial charge >= 0.3 is 0 Å². The summed E-state index contributed by atoms with van der Waals surface area (Å²) in [5.74, 6) is 1.47. The van der Waals surface area contributed by atoms with Crippen LogP contribution in [-0.2, 0) is 0 Å². The van der Waals surface area contributed by atoms with E-state index in [9.17, 15) is 9.90 Å². The van der Waals surface area contributed by atoms with Gasteiger partial charge in [0.05, 0.1) is 13.2 Å². The van der Waals surface area contributed by atoms with Gasteiger partial charge < -0.3 is 14.6 Å². The van der Waals surface area contributed by atoms with Crippen molar-refractivity contribution in [3.63, 3.8) is 0 Å². The van der Waals surface area contributed by atoms with E-state index in [0.29, 0.717) is 18.8 Å². The van der Waals surface area contributed by atoms with Crippen LogP contribution >= 0.6 is 0 Å². The van der Waals surface area contributed by atoms with Gasteiger partial charge in [-0.15, -0.1) is 0 Å². The number of aromatic hydroxyl groups is 1. The van der Waals surface area contributed by atoms with E-state index in [1.807, 2.05) is 18.2 Å². The van der Waals surface area contributed by atoms with Crippen molar-refractivity contribution < 1.29 is 19.4 Å². The summed E-state index contributed by atoms with van der Waals surface area (Å²) >= 11 is 0. The molecule has 0 aliphatic heterocycles. The van der Waals surface area contributed by atoms with Crippen molar-refractivity contribution in [2.75, 3.05) is 13.2 Å². The standard InChI is InChI=1S/C21H24O4/c1-3-11-24-19-13-16(14-20(15-19)25-12-4-2)5-10-21(23)17-6-8-18(22)9-7-17/h5-10,13-15,22H,3-4,11-12H2,1-2H3. The van der Waals surface area contributed by atoms with Crippen LogP contribution < -0.4 is 9.47 Å². The van der Waals surface area contributed by atoms with Gasteiger partial charge in [-0.25, -0.2) is 0 Å². The Morgan fingerprint density at radius 2 is 1.52 bits per heavy atom. The van der Waals surface area contributed by atoms with Gasteiger partial charge in [0.15, 0.2) is 5.78 Å². The summed E-state index contributed by atoms with van der Waals surface area (Å²) in [6.45, 7) is 5.36. The van der Waals surface area contributed by atoms with E-state index in [4.69, 9.17) is 9.47 Å². The third-order valence-corrected chi connectivity index (χ3v) is 3.43. The molecule has 0 aliphatic carbocycles. The van der Waals surface area contributed by atoms with E-state index in [0.717, 1.165) is 29.9 Å². The lowest BCUT2D eigenvalue weighted by atomic mass is 10.1. The molecule has 2 aromatic rings. The summed E-state index contributed by atoms with van der Waals surface area (Å²) in [6, 6.07) is 11.8. The molecule has 25 heavy (non-hydrogen) atoms. The maximum Gasteiger partial charge on any atom is 0.185 e. The minimum Gasteiger partial charge on any atom is -0.508 e. The number of ketones is 1. The van der Waals surface area contributed by atoms with Gasteiger partial charge in [0.25, 0.3) is 0 Å². The van der Waals surface area contributed by atoms with Crippen molar-refractivity contribution in [1.82, 2.24) is 0 Å². The average molecular weight is 340 g/mol. The second-order valence-electron chi connectivity index (χ2n) is 5.68. The number of carbonyl (C=O) groups is 1. The van der Waals surface area contributed by atoms with Crippen LogP contribution in [0.3, 0.4) is 0 Å². The minimum absolute atomic E-state index is 0.129. The lowest BCUT2D eigenvalue weighted by molar-refractivity contribution is 0.104. The summed E-state index contributed by atoms with van der Waals surface area (Å²) < 4.78 is 11.4. The SMILES string of the molecule is CCCOc1cc(C=CC(=O)c2ccc(O)cc2)cc(OCCC)c1. The fraction of sp³-hybridized carbons (Fsp3) is 0.286. The molecule has 0 fully saturated rings. The number of hydrogen-bond donors (Lipinski definition) is 1. The summed E-state index contributed by atoms with van der Waals surface area (Å²) in [5, 5.41) is 9.29. The van der Waals surface area contributed by atoms with Crippen molar-refractivity contribution >= 4 is 11.9 Å². The van der Waals surface area contributed by atoms with Gasteiger partial charge in [-0.2, -0.15) is 0 Å². The van der Waals surface area contributed by atoms with Crippen LogP contribution in [0.2, 0.25) is 0 Å². The zero-order valence-electron chi connectivity index (χ0n) is 14.7. The van der Waals surface area contributed by atoms with Crippen LogP contribution in [0.25, 0.3) is 6.08 Å². The van der Waals surface area contributed by atoms with Crippen molar-refractivity contribution in [2.24, 2.45) is 0 Å². The lowest BCUT2D eigenvalue weighted by Gasteiger charge is -2.10. The number of phenols is 1. The number of allylic oxidation sites excluding steroid dienone is 1. The third kappa shape index (κ3) is 5.99. The molecule has 0 bridgehead atoms. The highest BCUT2D eigenvalue weighted by Crippen LogP contribution is 2.24. The Morgan fingerprint density at radius 1 is 0.960 bits per heavy atom. The molecular weight excluding hydrogens is 316 g/mol. The van der Waals surface area contributed by atoms with E-state index in [1.165, 1.54) is 18.2 Å². The monoisotopic (exact) mass is 340 g/mol. The number of hydrogen-bond acceptors (Lipinski definition) is 4. The molecule has 4 nitrogen and oxygen atoms in total. The van der Waals surface area contributed by atoms with Crippen molar-refractivity contribution in [1.29, 1.82) is 0 Å². The van der Waals surface area contributed by atoms with E-state index in [2.05, 4.69) is 13.8 Å². The quantitative estimate of drug-likeness (QED) is 0.523. The zero-order valence-corrected chi connectivity index (χ0v) is 14.7. The molecule has 0 atom stereocenters. The first-order valence-electron chi connectivity index (χ1n) is 8.54. The normalized spacial score (nSPS) is 10.8. The molecule has 0 aromatic heterocycles. The molecule has 0 aliphatic rings. The minimum atomic E-state index is -0.129. The number of carbonyl (C=O) groups excluding carboxylic acids is 1. The maximum absolute atomic E-state index is 12.2. The smallest absolute Gasteiger partial charge is 0.185 e. The van der Waals surface area contributed by atoms with Crippen LogP contribution in [-0.4, -0.2) is 24.1 Å². The Kier molecular flexibility index (Phi) is 7.08. The first kappa shape index (κ1) is 18.6. The van der Waals surface area contributed by atoms with Gasteiger partial charge in [0.2, 0.25) is 0 Å². The molecule has 0 spiro atoms. The average Bonchev–Trinajstić information content (AvgIpc) is 2.63. The Morgan fingerprint density at radius 3 is 2.04 bits per heavy atom. The number of phenolic OH excluding ortho intramolecular Hbond substituents is 1. The van der Waals surface area contributed by atoms with Crippen LogP contribution in [0, 0.1) is 0 Å². The second kappa shape index (κ2) is 9.52. The molecule has 0 saturated heterocycles. The Hall–Kier alpha value is -2.75. The lowest BCUT2D eigenvalue weighted by Crippen LogP contribution is -1.99. The first-order valence-corrected chi connectivity index (χ1v) is 8.54. The molecule has 0 heterocycles. The summed E-state index contributed by atoms with van der Waals surface area (Å²) in [6.07, 6.45) is 5.09.